The smallest absolute Gasteiger partial charge is 0.300 e. The molecular weight excluding hydrogens is 356 g/mol. The molecule has 0 bridgehead atoms. The molecule has 1 aliphatic heterocycles. The van der Waals surface area contributed by atoms with Gasteiger partial charge in [0.2, 0.25) is 0 Å². The Morgan fingerprint density at radius 2 is 1.86 bits per heavy atom. The first-order valence-electron chi connectivity index (χ1n) is 8.81. The molecule has 1 N–H and O–H groups in total. The third kappa shape index (κ3) is 2.79. The predicted octanol–water partition coefficient (Wildman–Crippen LogP) is 3.92. The molecule has 140 valence electrons. The number of hydrogen-bond donors (Lipinski definition) is 1. The number of benzene rings is 1. The summed E-state index contributed by atoms with van der Waals surface area (Å²) in [6.07, 6.45) is 4.50. The molecule has 0 radical (unpaired) electrons. The lowest BCUT2D eigenvalue weighted by atomic mass is 9.99. The number of anilines is 1. The second-order valence-electron chi connectivity index (χ2n) is 6.71. The van der Waals surface area contributed by atoms with Gasteiger partial charge in [0, 0.05) is 23.6 Å². The van der Waals surface area contributed by atoms with Gasteiger partial charge in [0.25, 0.3) is 11.7 Å². The van der Waals surface area contributed by atoms with E-state index in [1.54, 1.807) is 30.3 Å². The van der Waals surface area contributed by atoms with Gasteiger partial charge in [-0.05, 0) is 49.7 Å². The number of pyridine rings is 1. The highest BCUT2D eigenvalue weighted by Gasteiger charge is 2.48. The largest absolute Gasteiger partial charge is 0.507 e. The summed E-state index contributed by atoms with van der Waals surface area (Å²) in [5, 5.41) is 10.9. The lowest BCUT2D eigenvalue weighted by Gasteiger charge is -2.25. The summed E-state index contributed by atoms with van der Waals surface area (Å²) in [5.41, 5.74) is 2.89. The topological polar surface area (TPSA) is 83.6 Å². The van der Waals surface area contributed by atoms with Gasteiger partial charge in [-0.3, -0.25) is 19.5 Å². The molecule has 1 aromatic carbocycles. The van der Waals surface area contributed by atoms with Crippen molar-refractivity contribution in [1.82, 2.24) is 4.98 Å². The lowest BCUT2D eigenvalue weighted by molar-refractivity contribution is -0.132. The summed E-state index contributed by atoms with van der Waals surface area (Å²) < 4.78 is 5.54. The monoisotopic (exact) mass is 374 g/mol. The molecule has 6 heteroatoms. The van der Waals surface area contributed by atoms with Crippen LogP contribution in [-0.4, -0.2) is 21.8 Å². The van der Waals surface area contributed by atoms with Crippen LogP contribution in [0.1, 0.15) is 28.5 Å². The minimum absolute atomic E-state index is 0.00822. The molecule has 6 nitrogen and oxygen atoms in total. The summed E-state index contributed by atoms with van der Waals surface area (Å²) >= 11 is 0. The molecule has 1 unspecified atom stereocenters. The van der Waals surface area contributed by atoms with Crippen molar-refractivity contribution in [2.24, 2.45) is 0 Å². The van der Waals surface area contributed by atoms with Crippen molar-refractivity contribution in [3.63, 3.8) is 0 Å². The minimum Gasteiger partial charge on any atom is -0.507 e. The zero-order valence-electron chi connectivity index (χ0n) is 15.4. The van der Waals surface area contributed by atoms with Crippen LogP contribution >= 0.6 is 0 Å². The fourth-order valence-corrected chi connectivity index (χ4v) is 3.54. The van der Waals surface area contributed by atoms with E-state index in [9.17, 15) is 14.7 Å². The molecule has 1 fully saturated rings. The highest BCUT2D eigenvalue weighted by molar-refractivity contribution is 6.51. The van der Waals surface area contributed by atoms with Gasteiger partial charge in [-0.15, -0.1) is 0 Å². The maximum Gasteiger partial charge on any atom is 0.300 e. The van der Waals surface area contributed by atoms with Gasteiger partial charge in [0.05, 0.1) is 11.8 Å². The third-order valence-electron chi connectivity index (χ3n) is 4.82. The van der Waals surface area contributed by atoms with Crippen molar-refractivity contribution in [2.45, 2.75) is 19.9 Å². The Bertz CT molecular complexity index is 1080. The van der Waals surface area contributed by atoms with E-state index in [0.29, 0.717) is 17.0 Å². The molecule has 4 rings (SSSR count). The fourth-order valence-electron chi connectivity index (χ4n) is 3.54. The van der Waals surface area contributed by atoms with E-state index in [-0.39, 0.29) is 11.3 Å². The van der Waals surface area contributed by atoms with Gasteiger partial charge in [0.1, 0.15) is 17.6 Å². The Morgan fingerprint density at radius 1 is 1.11 bits per heavy atom. The van der Waals surface area contributed by atoms with Crippen molar-refractivity contribution in [3.05, 3.63) is 89.1 Å². The van der Waals surface area contributed by atoms with E-state index in [0.717, 1.165) is 11.1 Å². The molecule has 2 aromatic heterocycles. The number of amides is 1. The van der Waals surface area contributed by atoms with Crippen molar-refractivity contribution in [2.75, 3.05) is 4.90 Å². The van der Waals surface area contributed by atoms with E-state index in [2.05, 4.69) is 4.98 Å². The Morgan fingerprint density at radius 3 is 2.50 bits per heavy atom. The van der Waals surface area contributed by atoms with Crippen LogP contribution < -0.4 is 4.90 Å². The van der Waals surface area contributed by atoms with E-state index in [1.165, 1.54) is 23.6 Å². The molecule has 1 atom stereocenters. The number of aliphatic hydroxyl groups excluding tert-OH is 1. The van der Waals surface area contributed by atoms with Crippen LogP contribution in [0.2, 0.25) is 0 Å². The highest BCUT2D eigenvalue weighted by atomic mass is 16.3. The molecule has 1 amide bonds. The number of carbonyl (C=O) groups is 2. The number of furan rings is 1. The number of ketones is 1. The van der Waals surface area contributed by atoms with Gasteiger partial charge < -0.3 is 9.52 Å². The van der Waals surface area contributed by atoms with E-state index in [1.807, 2.05) is 26.0 Å². The van der Waals surface area contributed by atoms with Crippen LogP contribution in [0.15, 0.2) is 71.1 Å². The number of nitrogens with zero attached hydrogens (tertiary/aromatic N) is 2. The van der Waals surface area contributed by atoms with Crippen LogP contribution in [-0.2, 0) is 9.59 Å². The molecule has 1 aliphatic rings. The summed E-state index contributed by atoms with van der Waals surface area (Å²) in [5.74, 6) is -1.32. The average molecular weight is 374 g/mol. The Balaban J connectivity index is 1.95. The number of hydrogen-bond acceptors (Lipinski definition) is 5. The van der Waals surface area contributed by atoms with Crippen molar-refractivity contribution in [1.29, 1.82) is 0 Å². The molecule has 28 heavy (non-hydrogen) atoms. The zero-order chi connectivity index (χ0) is 19.8. The Labute approximate surface area is 161 Å². The van der Waals surface area contributed by atoms with Gasteiger partial charge >= 0.3 is 0 Å². The SMILES string of the molecule is Cc1ccc(N2C(=O)C(=O)/C(=C(\O)c3ccncc3)C2c2ccco2)c(C)c1. The Kier molecular flexibility index (Phi) is 4.31. The molecule has 0 spiro atoms. The Hall–Kier alpha value is -3.67. The first kappa shape index (κ1) is 17.7. The van der Waals surface area contributed by atoms with E-state index in [4.69, 9.17) is 4.42 Å². The number of carbonyl (C=O) groups excluding carboxylic acids is 2. The number of aromatic nitrogens is 1. The molecule has 1 saturated heterocycles. The summed E-state index contributed by atoms with van der Waals surface area (Å²) in [6, 6.07) is 11.3. The molecular formula is C22H18N2O4. The van der Waals surface area contributed by atoms with Crippen molar-refractivity contribution >= 4 is 23.1 Å². The number of aryl methyl sites for hydroxylation is 2. The van der Waals surface area contributed by atoms with E-state index >= 15 is 0 Å². The summed E-state index contributed by atoms with van der Waals surface area (Å²) in [7, 11) is 0. The van der Waals surface area contributed by atoms with Gasteiger partial charge in [0.15, 0.2) is 0 Å². The number of aliphatic hydroxyl groups is 1. The van der Waals surface area contributed by atoms with Gasteiger partial charge in [-0.1, -0.05) is 17.7 Å². The highest BCUT2D eigenvalue weighted by Crippen LogP contribution is 2.43. The molecule has 0 aliphatic carbocycles. The molecule has 0 saturated carbocycles. The van der Waals surface area contributed by atoms with Crippen molar-refractivity contribution < 1.29 is 19.1 Å². The van der Waals surface area contributed by atoms with E-state index < -0.39 is 17.7 Å². The predicted molar refractivity (Wildman–Crippen MR) is 104 cm³/mol. The van der Waals surface area contributed by atoms with Crippen LogP contribution in [0.3, 0.4) is 0 Å². The van der Waals surface area contributed by atoms with Gasteiger partial charge in [-0.25, -0.2) is 0 Å². The van der Waals surface area contributed by atoms with Crippen LogP contribution in [0, 0.1) is 13.8 Å². The summed E-state index contributed by atoms with van der Waals surface area (Å²) in [6.45, 7) is 3.84. The second kappa shape index (κ2) is 6.81. The first-order valence-corrected chi connectivity index (χ1v) is 8.81. The van der Waals surface area contributed by atoms with Gasteiger partial charge in [-0.2, -0.15) is 0 Å². The average Bonchev–Trinajstić information content (AvgIpc) is 3.30. The zero-order valence-corrected chi connectivity index (χ0v) is 15.4. The second-order valence-corrected chi connectivity index (χ2v) is 6.71. The molecule has 3 aromatic rings. The van der Waals surface area contributed by atoms with Crippen molar-refractivity contribution in [3.8, 4) is 0 Å². The quantitative estimate of drug-likeness (QED) is 0.427. The lowest BCUT2D eigenvalue weighted by Crippen LogP contribution is -2.30. The fraction of sp³-hybridized carbons (Fsp3) is 0.136. The normalized spacial score (nSPS) is 18.6. The first-order chi connectivity index (χ1) is 13.5. The van der Waals surface area contributed by atoms with Crippen LogP contribution in [0.4, 0.5) is 5.69 Å². The third-order valence-corrected chi connectivity index (χ3v) is 4.82. The molecule has 3 heterocycles. The standard InChI is InChI=1S/C22H18N2O4/c1-13-5-6-16(14(2)12-13)24-19(17-4-3-11-28-17)18(21(26)22(24)27)20(25)15-7-9-23-10-8-15/h3-12,19,25H,1-2H3/b20-18-. The van der Waals surface area contributed by atoms with Crippen LogP contribution in [0.25, 0.3) is 5.76 Å². The minimum atomic E-state index is -0.857. The maximum absolute atomic E-state index is 13.0. The summed E-state index contributed by atoms with van der Waals surface area (Å²) in [4.78, 5) is 31.2. The number of Topliss-reactive ketones (excluding diaryl/α,β-unsaturated/α-hetero) is 1. The maximum atomic E-state index is 13.0. The number of rotatable bonds is 3. The van der Waals surface area contributed by atoms with Crippen LogP contribution in [0.5, 0.6) is 0 Å².